The maximum Gasteiger partial charge on any atom is 0.170 e. The summed E-state index contributed by atoms with van der Waals surface area (Å²) in [5.41, 5.74) is 6.16. The van der Waals surface area contributed by atoms with Crippen LogP contribution in [0.5, 0.6) is 11.5 Å². The molecule has 0 radical (unpaired) electrons. The molecule has 2 rings (SSSR count). The Balaban J connectivity index is 2.80. The van der Waals surface area contributed by atoms with Gasteiger partial charge in [-0.05, 0) is 0 Å². The average molecular weight is 258 g/mol. The van der Waals surface area contributed by atoms with Crippen molar-refractivity contribution in [3.8, 4) is 22.6 Å². The summed E-state index contributed by atoms with van der Waals surface area (Å²) in [6, 6.07) is 0.876. The van der Waals surface area contributed by atoms with Gasteiger partial charge in [-0.2, -0.15) is 5.10 Å². The van der Waals surface area contributed by atoms with Gasteiger partial charge in [0.15, 0.2) is 11.5 Å². The summed E-state index contributed by atoms with van der Waals surface area (Å²) in [4.78, 5) is 0. The molecule has 2 aromatic rings. The van der Waals surface area contributed by atoms with E-state index in [-0.39, 0.29) is 27.9 Å². The van der Waals surface area contributed by atoms with Gasteiger partial charge in [0.1, 0.15) is 11.6 Å². The van der Waals surface area contributed by atoms with Gasteiger partial charge in [-0.15, -0.1) is 0 Å². The van der Waals surface area contributed by atoms with E-state index in [0.717, 1.165) is 6.07 Å². The molecule has 1 aromatic heterocycles. The highest BCUT2D eigenvalue weighted by atomic mass is 35.5. The van der Waals surface area contributed by atoms with Gasteiger partial charge in [-0.25, -0.2) is 4.39 Å². The fraction of sp³-hybridized carbons (Fsp3) is 0.100. The summed E-state index contributed by atoms with van der Waals surface area (Å²) in [6.07, 6.45) is 1.37. The predicted octanol–water partition coefficient (Wildman–Crippen LogP) is 2.17. The molecule has 0 bridgehead atoms. The molecule has 90 valence electrons. The zero-order valence-electron chi connectivity index (χ0n) is 8.79. The van der Waals surface area contributed by atoms with Crippen LogP contribution in [0.25, 0.3) is 11.1 Å². The van der Waals surface area contributed by atoms with Crippen LogP contribution in [0, 0.1) is 5.82 Å². The van der Waals surface area contributed by atoms with Crippen LogP contribution < -0.4 is 10.5 Å². The number of phenolic OH excluding ortho intramolecular Hbond substituents is 1. The zero-order chi connectivity index (χ0) is 12.6. The Kier molecular flexibility index (Phi) is 2.81. The molecule has 17 heavy (non-hydrogen) atoms. The number of rotatable bonds is 2. The van der Waals surface area contributed by atoms with Crippen LogP contribution in [0.1, 0.15) is 0 Å². The molecule has 0 aliphatic heterocycles. The molecule has 0 fully saturated rings. The number of methoxy groups -OCH3 is 1. The van der Waals surface area contributed by atoms with Crippen molar-refractivity contribution in [2.45, 2.75) is 0 Å². The van der Waals surface area contributed by atoms with Crippen molar-refractivity contribution < 1.29 is 14.2 Å². The summed E-state index contributed by atoms with van der Waals surface area (Å²) >= 11 is 5.85. The Morgan fingerprint density at radius 2 is 2.29 bits per heavy atom. The van der Waals surface area contributed by atoms with Crippen molar-refractivity contribution in [3.05, 3.63) is 23.1 Å². The smallest absolute Gasteiger partial charge is 0.170 e. The van der Waals surface area contributed by atoms with Gasteiger partial charge in [0.05, 0.1) is 23.9 Å². The molecule has 7 heteroatoms. The van der Waals surface area contributed by atoms with Gasteiger partial charge < -0.3 is 15.6 Å². The minimum Gasteiger partial charge on any atom is -0.504 e. The normalized spacial score (nSPS) is 10.5. The number of aromatic nitrogens is 2. The molecule has 0 unspecified atom stereocenters. The van der Waals surface area contributed by atoms with Gasteiger partial charge in [0.25, 0.3) is 0 Å². The van der Waals surface area contributed by atoms with E-state index in [2.05, 4.69) is 10.2 Å². The third-order valence-corrected chi connectivity index (χ3v) is 2.66. The second-order valence-corrected chi connectivity index (χ2v) is 3.68. The standard InChI is InChI=1S/C10H9ClFN3O2/c1-17-9-6(16)2-5(12)8(11)7(9)4-3-14-15-10(4)13/h2-3,16H,1H3,(H3,13,14,15). The second kappa shape index (κ2) is 4.14. The van der Waals surface area contributed by atoms with Gasteiger partial charge in [-0.1, -0.05) is 11.6 Å². The Morgan fingerprint density at radius 1 is 1.59 bits per heavy atom. The van der Waals surface area contributed by atoms with Crippen molar-refractivity contribution in [2.24, 2.45) is 0 Å². The fourth-order valence-corrected chi connectivity index (χ4v) is 1.78. The van der Waals surface area contributed by atoms with Crippen LogP contribution in [0.2, 0.25) is 5.02 Å². The summed E-state index contributed by atoms with van der Waals surface area (Å²) in [5, 5.41) is 15.6. The van der Waals surface area contributed by atoms with Crippen molar-refractivity contribution >= 4 is 17.4 Å². The highest BCUT2D eigenvalue weighted by Gasteiger charge is 2.21. The molecule has 5 nitrogen and oxygen atoms in total. The van der Waals surface area contributed by atoms with Crippen LogP contribution in [0.15, 0.2) is 12.3 Å². The van der Waals surface area contributed by atoms with Crippen LogP contribution in [-0.2, 0) is 0 Å². The number of ether oxygens (including phenoxy) is 1. The third kappa shape index (κ3) is 1.76. The number of halogens is 2. The van der Waals surface area contributed by atoms with E-state index in [9.17, 15) is 9.50 Å². The van der Waals surface area contributed by atoms with Gasteiger partial charge >= 0.3 is 0 Å². The number of nitrogens with zero attached hydrogens (tertiary/aromatic N) is 1. The molecule has 0 saturated heterocycles. The largest absolute Gasteiger partial charge is 0.504 e. The van der Waals surface area contributed by atoms with Crippen LogP contribution >= 0.6 is 11.6 Å². The van der Waals surface area contributed by atoms with Gasteiger partial charge in [0, 0.05) is 11.6 Å². The fourth-order valence-electron chi connectivity index (χ4n) is 1.54. The Hall–Kier alpha value is -1.95. The number of aromatic hydroxyl groups is 1. The first-order valence-electron chi connectivity index (χ1n) is 4.60. The summed E-state index contributed by atoms with van der Waals surface area (Å²) < 4.78 is 18.5. The first-order valence-corrected chi connectivity index (χ1v) is 4.98. The van der Waals surface area contributed by atoms with Crippen LogP contribution in [0.4, 0.5) is 10.2 Å². The first kappa shape index (κ1) is 11.5. The minimum absolute atomic E-state index is 0.0458. The van der Waals surface area contributed by atoms with E-state index in [1.54, 1.807) is 0 Å². The lowest BCUT2D eigenvalue weighted by Crippen LogP contribution is -1.95. The highest BCUT2D eigenvalue weighted by Crippen LogP contribution is 2.45. The van der Waals surface area contributed by atoms with E-state index >= 15 is 0 Å². The quantitative estimate of drug-likeness (QED) is 0.770. The van der Waals surface area contributed by atoms with Crippen LogP contribution in [-0.4, -0.2) is 22.4 Å². The second-order valence-electron chi connectivity index (χ2n) is 3.30. The Bertz CT molecular complexity index is 571. The molecule has 1 aromatic carbocycles. The molecule has 0 amide bonds. The maximum absolute atomic E-state index is 13.5. The third-order valence-electron chi connectivity index (χ3n) is 2.29. The monoisotopic (exact) mass is 257 g/mol. The number of phenols is 1. The van der Waals surface area contributed by atoms with Gasteiger partial charge in [0.2, 0.25) is 0 Å². The van der Waals surface area contributed by atoms with Crippen molar-refractivity contribution in [3.63, 3.8) is 0 Å². The van der Waals surface area contributed by atoms with E-state index in [0.29, 0.717) is 5.56 Å². The first-order chi connectivity index (χ1) is 8.06. The topological polar surface area (TPSA) is 84.2 Å². The highest BCUT2D eigenvalue weighted by molar-refractivity contribution is 6.34. The number of H-pyrrole nitrogens is 1. The van der Waals surface area contributed by atoms with E-state index in [4.69, 9.17) is 22.1 Å². The predicted molar refractivity (Wildman–Crippen MR) is 61.6 cm³/mol. The molecule has 1 heterocycles. The summed E-state index contributed by atoms with van der Waals surface area (Å²) in [5.74, 6) is -0.870. The number of nitrogens with two attached hydrogens (primary N) is 1. The van der Waals surface area contributed by atoms with E-state index in [1.807, 2.05) is 0 Å². The Labute approximate surface area is 101 Å². The van der Waals surface area contributed by atoms with Gasteiger partial charge in [-0.3, -0.25) is 5.10 Å². The number of hydrogen-bond donors (Lipinski definition) is 3. The molecular weight excluding hydrogens is 249 g/mol. The number of nitrogens with one attached hydrogen (secondary N) is 1. The number of aromatic amines is 1. The Morgan fingerprint density at radius 3 is 2.82 bits per heavy atom. The SMILES string of the molecule is COc1c(O)cc(F)c(Cl)c1-c1cn[nH]c1N. The average Bonchev–Trinajstić information content (AvgIpc) is 2.69. The molecule has 0 saturated carbocycles. The summed E-state index contributed by atoms with van der Waals surface area (Å²) in [7, 11) is 1.34. The van der Waals surface area contributed by atoms with Crippen molar-refractivity contribution in [1.82, 2.24) is 10.2 Å². The molecular formula is C10H9ClFN3O2. The zero-order valence-corrected chi connectivity index (χ0v) is 9.55. The lowest BCUT2D eigenvalue weighted by Gasteiger charge is -2.12. The number of anilines is 1. The van der Waals surface area contributed by atoms with Crippen LogP contribution in [0.3, 0.4) is 0 Å². The van der Waals surface area contributed by atoms with E-state index < -0.39 is 5.82 Å². The number of benzene rings is 1. The maximum atomic E-state index is 13.5. The molecule has 0 aliphatic carbocycles. The number of hydrogen-bond acceptors (Lipinski definition) is 4. The molecule has 4 N–H and O–H groups in total. The van der Waals surface area contributed by atoms with Crippen molar-refractivity contribution in [1.29, 1.82) is 0 Å². The molecule has 0 atom stereocenters. The van der Waals surface area contributed by atoms with Crippen molar-refractivity contribution in [2.75, 3.05) is 12.8 Å². The molecule has 0 spiro atoms. The van der Waals surface area contributed by atoms with E-state index in [1.165, 1.54) is 13.3 Å². The minimum atomic E-state index is -0.763. The lowest BCUT2D eigenvalue weighted by atomic mass is 10.1. The lowest BCUT2D eigenvalue weighted by molar-refractivity contribution is 0.372. The number of nitrogen functional groups attached to an aromatic ring is 1. The molecule has 0 aliphatic rings. The summed E-state index contributed by atoms with van der Waals surface area (Å²) in [6.45, 7) is 0.